The van der Waals surface area contributed by atoms with E-state index in [1.54, 1.807) is 0 Å². The molecule has 2 aromatic heterocycles. The maximum atomic E-state index is 6.92. The average molecular weight is 517 g/mol. The van der Waals surface area contributed by atoms with Gasteiger partial charge in [-0.2, -0.15) is 0 Å². The molecule has 6 rings (SSSR count). The van der Waals surface area contributed by atoms with Gasteiger partial charge < -0.3 is 0 Å². The van der Waals surface area contributed by atoms with E-state index >= 15 is 0 Å². The maximum absolute atomic E-state index is 6.92. The van der Waals surface area contributed by atoms with Gasteiger partial charge in [0.1, 0.15) is 0 Å². The van der Waals surface area contributed by atoms with Crippen molar-refractivity contribution >= 4 is 50.4 Å². The van der Waals surface area contributed by atoms with E-state index in [4.69, 9.17) is 4.42 Å². The summed E-state index contributed by atoms with van der Waals surface area (Å²) in [4.78, 5) is 0. The van der Waals surface area contributed by atoms with Crippen molar-refractivity contribution in [2.24, 2.45) is 7.05 Å². The van der Waals surface area contributed by atoms with Gasteiger partial charge in [-0.05, 0) is 0 Å². The summed E-state index contributed by atoms with van der Waals surface area (Å²) < 4.78 is 10.6. The Balaban J connectivity index is 1.74. The van der Waals surface area contributed by atoms with Crippen LogP contribution in [0, 0.1) is 6.92 Å². The summed E-state index contributed by atoms with van der Waals surface area (Å²) in [7, 11) is 2.10. The molecular formula is C32H30GeNO+. The molecule has 0 fully saturated rings. The minimum atomic E-state index is -2.23. The molecule has 0 amide bonds. The Morgan fingerprint density at radius 3 is 2.11 bits per heavy atom. The van der Waals surface area contributed by atoms with Crippen molar-refractivity contribution < 1.29 is 8.98 Å². The second-order valence-corrected chi connectivity index (χ2v) is 21.2. The number of fused-ring (bicyclic) bond motifs is 4. The number of nitrogens with zero attached hydrogens (tertiary/aromatic N) is 1. The standard InChI is InChI=1S/C32H30GeNO/c1-21-13-16-25-26-17-18-27(33(2,3)4)30(24-15-14-22-10-6-7-11-23(22)20-24)32(26)35-31(25)29(21)28-12-8-9-19-34(28)5/h6-20H,1-5H3/q+1. The van der Waals surface area contributed by atoms with Crippen LogP contribution in [0.5, 0.6) is 0 Å². The molecule has 4 aromatic carbocycles. The number of rotatable bonds is 3. The van der Waals surface area contributed by atoms with Crippen molar-refractivity contribution in [1.29, 1.82) is 0 Å². The molecule has 0 radical (unpaired) electrons. The first-order valence-corrected chi connectivity index (χ1v) is 19.6. The third kappa shape index (κ3) is 3.59. The third-order valence-electron chi connectivity index (χ3n) is 7.18. The van der Waals surface area contributed by atoms with Crippen LogP contribution in [-0.4, -0.2) is 13.3 Å². The molecule has 0 atom stereocenters. The molecule has 0 saturated carbocycles. The van der Waals surface area contributed by atoms with E-state index < -0.39 is 13.3 Å². The SMILES string of the molecule is Cc1ccc2c(oc3c(-c4ccc5ccccc5c4)[c]([Ge]([CH3])([CH3])[CH3])ccc32)c1-c1cccc[n+]1C. The molecule has 2 heterocycles. The second kappa shape index (κ2) is 8.10. The van der Waals surface area contributed by atoms with Crippen LogP contribution in [0.4, 0.5) is 0 Å². The van der Waals surface area contributed by atoms with Crippen LogP contribution in [0.2, 0.25) is 17.3 Å². The Morgan fingerprint density at radius 2 is 1.37 bits per heavy atom. The molecular weight excluding hydrogens is 487 g/mol. The van der Waals surface area contributed by atoms with Gasteiger partial charge in [0.05, 0.1) is 0 Å². The van der Waals surface area contributed by atoms with Crippen LogP contribution in [0.25, 0.3) is 55.1 Å². The first kappa shape index (κ1) is 22.1. The van der Waals surface area contributed by atoms with Crippen molar-refractivity contribution in [3.05, 3.63) is 96.7 Å². The van der Waals surface area contributed by atoms with Gasteiger partial charge >= 0.3 is 210 Å². The summed E-state index contributed by atoms with van der Waals surface area (Å²) in [5.41, 5.74) is 8.06. The fourth-order valence-corrected chi connectivity index (χ4v) is 8.70. The zero-order valence-corrected chi connectivity index (χ0v) is 23.1. The van der Waals surface area contributed by atoms with Gasteiger partial charge in [0.25, 0.3) is 0 Å². The molecule has 2 nitrogen and oxygen atoms in total. The van der Waals surface area contributed by atoms with E-state index in [9.17, 15) is 0 Å². The van der Waals surface area contributed by atoms with Crippen molar-refractivity contribution in [1.82, 2.24) is 0 Å². The molecule has 0 aliphatic heterocycles. The number of hydrogen-bond donors (Lipinski definition) is 0. The van der Waals surface area contributed by atoms with E-state index in [0.29, 0.717) is 0 Å². The van der Waals surface area contributed by atoms with E-state index in [2.05, 4.69) is 127 Å². The molecule has 0 spiro atoms. The van der Waals surface area contributed by atoms with Crippen molar-refractivity contribution in [3.63, 3.8) is 0 Å². The van der Waals surface area contributed by atoms with Gasteiger partial charge in [-0.25, -0.2) is 0 Å². The van der Waals surface area contributed by atoms with Crippen LogP contribution in [0.15, 0.2) is 95.5 Å². The number of benzene rings is 4. The first-order valence-electron chi connectivity index (χ1n) is 12.3. The predicted octanol–water partition coefficient (Wildman–Crippen LogP) is 7.75. The van der Waals surface area contributed by atoms with Crippen LogP contribution in [-0.2, 0) is 7.05 Å². The Bertz CT molecular complexity index is 1750. The van der Waals surface area contributed by atoms with Crippen molar-refractivity contribution in [3.8, 4) is 22.4 Å². The predicted molar refractivity (Wildman–Crippen MR) is 151 cm³/mol. The Kier molecular flexibility index (Phi) is 5.12. The van der Waals surface area contributed by atoms with Gasteiger partial charge in [0.2, 0.25) is 0 Å². The number of hydrogen-bond acceptors (Lipinski definition) is 1. The minimum absolute atomic E-state index is 0.974. The molecule has 3 heteroatoms. The number of aryl methyl sites for hydroxylation is 2. The summed E-state index contributed by atoms with van der Waals surface area (Å²) in [6, 6.07) is 30.9. The van der Waals surface area contributed by atoms with Gasteiger partial charge in [-0.3, -0.25) is 0 Å². The van der Waals surface area contributed by atoms with Crippen LogP contribution in [0.1, 0.15) is 5.56 Å². The number of furan rings is 1. The Hall–Kier alpha value is -3.37. The topological polar surface area (TPSA) is 17.0 Å². The fraction of sp³-hybridized carbons (Fsp3) is 0.156. The van der Waals surface area contributed by atoms with Crippen LogP contribution >= 0.6 is 0 Å². The summed E-state index contributed by atoms with van der Waals surface area (Å²) in [6.07, 6.45) is 2.10. The normalized spacial score (nSPS) is 12.1. The fourth-order valence-electron chi connectivity index (χ4n) is 5.36. The molecule has 6 aromatic rings. The molecule has 0 aliphatic carbocycles. The zero-order valence-electron chi connectivity index (χ0n) is 21.0. The van der Waals surface area contributed by atoms with Gasteiger partial charge in [0, 0.05) is 0 Å². The zero-order chi connectivity index (χ0) is 24.3. The Morgan fingerprint density at radius 1 is 0.686 bits per heavy atom. The summed E-state index contributed by atoms with van der Waals surface area (Å²) in [5.74, 6) is 7.40. The quantitative estimate of drug-likeness (QED) is 0.173. The van der Waals surface area contributed by atoms with E-state index in [0.717, 1.165) is 16.9 Å². The van der Waals surface area contributed by atoms with Crippen molar-refractivity contribution in [2.45, 2.75) is 24.2 Å². The first-order chi connectivity index (χ1) is 16.8. The third-order valence-corrected chi connectivity index (χ3v) is 11.4. The summed E-state index contributed by atoms with van der Waals surface area (Å²) >= 11 is -2.23. The number of pyridine rings is 1. The van der Waals surface area contributed by atoms with E-state index in [1.807, 2.05) is 0 Å². The second-order valence-electron chi connectivity index (χ2n) is 10.6. The molecule has 0 saturated heterocycles. The molecule has 0 bridgehead atoms. The molecule has 0 N–H and O–H groups in total. The van der Waals surface area contributed by atoms with E-state index in [-0.39, 0.29) is 0 Å². The van der Waals surface area contributed by atoms with Crippen LogP contribution < -0.4 is 8.96 Å². The molecule has 35 heavy (non-hydrogen) atoms. The summed E-state index contributed by atoms with van der Waals surface area (Å²) in [6.45, 7) is 2.18. The monoisotopic (exact) mass is 518 g/mol. The van der Waals surface area contributed by atoms with Gasteiger partial charge in [0.15, 0.2) is 0 Å². The average Bonchev–Trinajstić information content (AvgIpc) is 3.22. The van der Waals surface area contributed by atoms with E-state index in [1.165, 1.54) is 48.2 Å². The van der Waals surface area contributed by atoms with Gasteiger partial charge in [-0.15, -0.1) is 0 Å². The van der Waals surface area contributed by atoms with Gasteiger partial charge in [-0.1, -0.05) is 0 Å². The molecule has 172 valence electrons. The molecule has 0 aliphatic rings. The van der Waals surface area contributed by atoms with Crippen molar-refractivity contribution in [2.75, 3.05) is 0 Å². The Labute approximate surface area is 209 Å². The number of aromatic nitrogens is 1. The summed E-state index contributed by atoms with van der Waals surface area (Å²) in [5, 5.41) is 4.90. The molecule has 0 unspecified atom stereocenters. The van der Waals surface area contributed by atoms with Crippen LogP contribution in [0.3, 0.4) is 0 Å².